The molecule has 12 amide bonds. The standard InChI is InChI=1S/C58H80N16O14S/c1-6-37(50(81)66-29-48(80)74-49(56(87)88)58(3,4)5)69-47(79)28-67-52(83)40(19-20-44(59)76)72-54(85)42(24-35-25-63-38-15-10-9-14-36(35)38)73-53(84)41(23-32-17-18-33-12-7-8-13-34(33)22-32)70-46(78)27-64-45(77)26-65-51(82)39(16-11-21-62-57(60)61)71-55(86)43(30-89)68-31(2)75/h7-10,12-15,17-18,22,25,37,39-43,49,63,89H,6,11,16,19-21,23-24,26-30H2,1-5H3,(H2,59,76)(H,64,77)(H,65,82)(H,66,81)(H,67,83)(H,68,75)(H,69,79)(H,70,78)(H,71,86)(H,72,85)(H,73,84)(H,74,80)(H,87,88)(H4,60,61,62)/t37-,39+,40-,41-,42-,43-,49+/m0/s1. The van der Waals surface area contributed by atoms with E-state index in [1.807, 2.05) is 30.3 Å². The molecule has 0 aliphatic heterocycles. The Kier molecular flexibility index (Phi) is 28.3. The number of carbonyl (C=O) groups excluding carboxylic acids is 12. The normalized spacial score (nSPS) is 13.4. The molecule has 0 spiro atoms. The van der Waals surface area contributed by atoms with Crippen molar-refractivity contribution < 1.29 is 67.4 Å². The first kappa shape index (κ1) is 71.7. The second kappa shape index (κ2) is 35.1. The Morgan fingerprint density at radius 3 is 1.66 bits per heavy atom. The van der Waals surface area contributed by atoms with E-state index in [2.05, 4.69) is 81.1 Å². The van der Waals surface area contributed by atoms with Crippen LogP contribution in [-0.2, 0) is 75.2 Å². The zero-order chi connectivity index (χ0) is 66.0. The van der Waals surface area contributed by atoms with Gasteiger partial charge in [-0.15, -0.1) is 0 Å². The van der Waals surface area contributed by atoms with Crippen molar-refractivity contribution in [3.63, 3.8) is 0 Å². The lowest BCUT2D eigenvalue weighted by molar-refractivity contribution is -0.145. The van der Waals surface area contributed by atoms with Gasteiger partial charge in [-0.1, -0.05) is 88.4 Å². The number of rotatable bonds is 35. The maximum absolute atomic E-state index is 14.7. The van der Waals surface area contributed by atoms with Gasteiger partial charge in [0.1, 0.15) is 42.3 Å². The molecule has 0 unspecified atom stereocenters. The summed E-state index contributed by atoms with van der Waals surface area (Å²) in [6, 6.07) is 10.5. The Hall–Kier alpha value is -9.81. The topological polar surface area (TPSA) is 481 Å². The number of fused-ring (bicyclic) bond motifs is 2. The van der Waals surface area contributed by atoms with Crippen LogP contribution in [0.5, 0.6) is 0 Å². The Labute approximate surface area is 518 Å². The summed E-state index contributed by atoms with van der Waals surface area (Å²) in [5, 5.41) is 39.0. The van der Waals surface area contributed by atoms with Gasteiger partial charge in [0.15, 0.2) is 5.96 Å². The molecule has 482 valence electrons. The lowest BCUT2D eigenvalue weighted by Crippen LogP contribution is -2.58. The summed E-state index contributed by atoms with van der Waals surface area (Å²) >= 11 is 4.11. The molecule has 0 saturated heterocycles. The highest BCUT2D eigenvalue weighted by atomic mass is 32.1. The maximum Gasteiger partial charge on any atom is 0.326 e. The number of primary amides is 1. The molecule has 0 saturated carbocycles. The fraction of sp³-hybridized carbons (Fsp3) is 0.448. The molecule has 89 heavy (non-hydrogen) atoms. The van der Waals surface area contributed by atoms with E-state index in [1.54, 1.807) is 70.3 Å². The summed E-state index contributed by atoms with van der Waals surface area (Å²) < 4.78 is 0. The van der Waals surface area contributed by atoms with Gasteiger partial charge in [-0.2, -0.15) is 12.6 Å². The van der Waals surface area contributed by atoms with Gasteiger partial charge in [-0.3, -0.25) is 62.5 Å². The van der Waals surface area contributed by atoms with Gasteiger partial charge in [-0.05, 0) is 59.1 Å². The van der Waals surface area contributed by atoms with Crippen molar-refractivity contribution in [1.29, 1.82) is 0 Å². The Bertz CT molecular complexity index is 3250. The fourth-order valence-electron chi connectivity index (χ4n) is 8.94. The second-order valence-corrected chi connectivity index (χ2v) is 22.2. The third kappa shape index (κ3) is 24.5. The molecule has 0 bridgehead atoms. The van der Waals surface area contributed by atoms with Gasteiger partial charge in [-0.25, -0.2) is 4.79 Å². The van der Waals surface area contributed by atoms with Crippen LogP contribution in [0.3, 0.4) is 0 Å². The predicted molar refractivity (Wildman–Crippen MR) is 330 cm³/mol. The third-order valence-corrected chi connectivity index (χ3v) is 14.0. The Balaban J connectivity index is 1.53. The molecule has 4 rings (SSSR count). The van der Waals surface area contributed by atoms with Crippen molar-refractivity contribution in [3.8, 4) is 0 Å². The summed E-state index contributed by atoms with van der Waals surface area (Å²) in [5.41, 5.74) is 17.2. The molecule has 0 aliphatic carbocycles. The smallest absolute Gasteiger partial charge is 0.326 e. The number of nitrogens with zero attached hydrogens (tertiary/aromatic N) is 1. The molecule has 1 aromatic heterocycles. The molecule has 30 nitrogen and oxygen atoms in total. The van der Waals surface area contributed by atoms with Crippen molar-refractivity contribution in [1.82, 2.24) is 63.5 Å². The minimum absolute atomic E-state index is 0.00433. The largest absolute Gasteiger partial charge is 0.480 e. The van der Waals surface area contributed by atoms with Crippen LogP contribution in [-0.4, -0.2) is 174 Å². The number of aliphatic imine (C=N–C) groups is 1. The summed E-state index contributed by atoms with van der Waals surface area (Å²) in [4.78, 5) is 178. The van der Waals surface area contributed by atoms with Gasteiger partial charge in [0.25, 0.3) is 0 Å². The van der Waals surface area contributed by atoms with Gasteiger partial charge in [0.05, 0.1) is 26.2 Å². The number of aliphatic carboxylic acids is 1. The van der Waals surface area contributed by atoms with E-state index in [4.69, 9.17) is 17.2 Å². The number of para-hydroxylation sites is 1. The maximum atomic E-state index is 14.7. The van der Waals surface area contributed by atoms with Gasteiger partial charge >= 0.3 is 5.97 Å². The number of hydrogen-bond acceptors (Lipinski definition) is 15. The third-order valence-electron chi connectivity index (χ3n) is 13.6. The van der Waals surface area contributed by atoms with Crippen LogP contribution >= 0.6 is 12.6 Å². The van der Waals surface area contributed by atoms with Crippen LogP contribution in [0, 0.1) is 5.41 Å². The number of hydrogen-bond donors (Lipinski definition) is 17. The highest BCUT2D eigenvalue weighted by molar-refractivity contribution is 7.80. The minimum atomic E-state index is -1.56. The van der Waals surface area contributed by atoms with Crippen LogP contribution < -0.4 is 75.7 Å². The number of nitrogens with one attached hydrogen (secondary N) is 12. The van der Waals surface area contributed by atoms with E-state index < -0.39 is 157 Å². The van der Waals surface area contributed by atoms with E-state index in [1.165, 1.54) is 6.92 Å². The first-order valence-corrected chi connectivity index (χ1v) is 29.1. The summed E-state index contributed by atoms with van der Waals surface area (Å²) in [6.45, 7) is 4.91. The van der Waals surface area contributed by atoms with Crippen molar-refractivity contribution >= 4 is 117 Å². The number of aromatic nitrogens is 1. The fourth-order valence-corrected chi connectivity index (χ4v) is 9.20. The monoisotopic (exact) mass is 1260 g/mol. The zero-order valence-corrected chi connectivity index (χ0v) is 50.9. The number of guanidine groups is 1. The number of thiol groups is 1. The van der Waals surface area contributed by atoms with Gasteiger partial charge < -0.3 is 85.8 Å². The molecular weight excluding hydrogens is 1180 g/mol. The van der Waals surface area contributed by atoms with E-state index >= 15 is 0 Å². The molecule has 0 fully saturated rings. The lowest BCUT2D eigenvalue weighted by atomic mass is 9.87. The van der Waals surface area contributed by atoms with Crippen LogP contribution in [0.15, 0.2) is 77.9 Å². The number of carboxylic acids is 1. The van der Waals surface area contributed by atoms with Crippen molar-refractivity contribution in [2.24, 2.45) is 27.6 Å². The molecular formula is C58H80N16O14S. The molecule has 3 aromatic carbocycles. The molecule has 19 N–H and O–H groups in total. The van der Waals surface area contributed by atoms with E-state index in [-0.39, 0.29) is 56.8 Å². The quantitative estimate of drug-likeness (QED) is 0.00932. The van der Waals surface area contributed by atoms with Crippen molar-refractivity contribution in [2.45, 2.75) is 122 Å². The SMILES string of the molecule is CC[C@H](NC(=O)CNC(=O)[C@H](CCC(N)=O)NC(=O)[C@H](Cc1c[nH]c2ccccc12)NC(=O)[C@H](Cc1ccc2ccccc2c1)NC(=O)CNC(=O)CNC(=O)[C@@H](CCCN=C(N)N)NC(=O)[C@H](CS)NC(C)=O)C(=O)NCC(=O)N[C@H](C(=O)O)C(C)(C)C. The average Bonchev–Trinajstić information content (AvgIpc) is 3.04. The number of benzene rings is 3. The van der Waals surface area contributed by atoms with Crippen molar-refractivity contribution in [3.05, 3.63) is 84.1 Å². The Morgan fingerprint density at radius 1 is 0.573 bits per heavy atom. The van der Waals surface area contributed by atoms with E-state index in [0.29, 0.717) is 22.0 Å². The van der Waals surface area contributed by atoms with Crippen LogP contribution in [0.1, 0.15) is 77.8 Å². The Morgan fingerprint density at radius 2 is 1.09 bits per heavy atom. The first-order valence-electron chi connectivity index (χ1n) is 28.4. The van der Waals surface area contributed by atoms with Gasteiger partial charge in [0.2, 0.25) is 70.9 Å². The number of H-pyrrole nitrogens is 1. The zero-order valence-electron chi connectivity index (χ0n) is 50.0. The molecule has 1 heterocycles. The van der Waals surface area contributed by atoms with Gasteiger partial charge in [0, 0.05) is 55.6 Å². The molecule has 0 radical (unpaired) electrons. The minimum Gasteiger partial charge on any atom is -0.480 e. The number of aromatic amines is 1. The molecule has 7 atom stereocenters. The second-order valence-electron chi connectivity index (χ2n) is 21.8. The van der Waals surface area contributed by atoms with Crippen LogP contribution in [0.2, 0.25) is 0 Å². The summed E-state index contributed by atoms with van der Waals surface area (Å²) in [6.07, 6.45) is 0.675. The summed E-state index contributed by atoms with van der Waals surface area (Å²) in [5.74, 6) is -11.5. The number of nitrogens with two attached hydrogens (primary N) is 3. The highest BCUT2D eigenvalue weighted by Gasteiger charge is 2.34. The highest BCUT2D eigenvalue weighted by Crippen LogP contribution is 2.22. The molecule has 31 heteroatoms. The van der Waals surface area contributed by atoms with Crippen molar-refractivity contribution in [2.75, 3.05) is 38.5 Å². The number of amides is 12. The number of carbonyl (C=O) groups is 13. The molecule has 0 aliphatic rings. The lowest BCUT2D eigenvalue weighted by Gasteiger charge is -2.27. The van der Waals surface area contributed by atoms with Crippen LogP contribution in [0.4, 0.5) is 0 Å². The molecule has 4 aromatic rings. The average molecular weight is 1260 g/mol. The number of carboxylic acid groups (broad SMARTS) is 1. The summed E-state index contributed by atoms with van der Waals surface area (Å²) in [7, 11) is 0. The van der Waals surface area contributed by atoms with E-state index in [0.717, 1.165) is 10.8 Å². The predicted octanol–water partition coefficient (Wildman–Crippen LogP) is -3.23. The first-order chi connectivity index (χ1) is 42.1. The van der Waals surface area contributed by atoms with E-state index in [9.17, 15) is 67.4 Å². The van der Waals surface area contributed by atoms with Crippen LogP contribution in [0.25, 0.3) is 21.7 Å².